The molecule has 0 radical (unpaired) electrons. The van der Waals surface area contributed by atoms with Crippen molar-refractivity contribution in [2.45, 2.75) is 24.4 Å². The Labute approximate surface area is 70.7 Å². The maximum Gasteiger partial charge on any atom is 0.185 e. The van der Waals surface area contributed by atoms with E-state index in [4.69, 9.17) is 0 Å². The van der Waals surface area contributed by atoms with E-state index in [2.05, 4.69) is 10.6 Å². The van der Waals surface area contributed by atoms with E-state index in [1.165, 1.54) is 0 Å². The van der Waals surface area contributed by atoms with Crippen molar-refractivity contribution < 1.29 is 9.18 Å². The minimum atomic E-state index is -0.846. The van der Waals surface area contributed by atoms with Gasteiger partial charge in [0.25, 0.3) is 0 Å². The third-order valence-corrected chi connectivity index (χ3v) is 2.87. The van der Waals surface area contributed by atoms with Crippen molar-refractivity contribution in [1.29, 1.82) is 0 Å². The second-order valence-corrected chi connectivity index (χ2v) is 3.65. The second-order valence-electron chi connectivity index (χ2n) is 3.65. The summed E-state index contributed by atoms with van der Waals surface area (Å²) in [6, 6.07) is 0.370. The zero-order valence-corrected chi connectivity index (χ0v) is 6.90. The Morgan fingerprint density at radius 2 is 2.50 bits per heavy atom. The van der Waals surface area contributed by atoms with E-state index in [0.29, 0.717) is 12.6 Å². The molecule has 2 saturated heterocycles. The van der Waals surface area contributed by atoms with E-state index < -0.39 is 12.2 Å². The highest BCUT2D eigenvalue weighted by Crippen LogP contribution is 2.26. The number of carbonyl (C=O) groups excluding carboxylic acids is 1. The maximum atomic E-state index is 12.2. The van der Waals surface area contributed by atoms with E-state index in [1.807, 2.05) is 0 Å². The molecule has 2 unspecified atom stereocenters. The lowest BCUT2D eigenvalue weighted by atomic mass is 9.93. The number of ketones is 1. The molecule has 0 aliphatic carbocycles. The number of halogens is 1. The Morgan fingerprint density at radius 3 is 3.25 bits per heavy atom. The SMILES string of the molecule is O=C(CF)C12CCC(CNC1)N2. The molecule has 2 atom stereocenters. The van der Waals surface area contributed by atoms with Gasteiger partial charge in [0.2, 0.25) is 0 Å². The van der Waals surface area contributed by atoms with Crippen LogP contribution in [0.4, 0.5) is 4.39 Å². The molecule has 2 rings (SSSR count). The van der Waals surface area contributed by atoms with Crippen LogP contribution < -0.4 is 10.6 Å². The molecule has 2 heterocycles. The van der Waals surface area contributed by atoms with Gasteiger partial charge in [-0.1, -0.05) is 0 Å². The number of nitrogens with one attached hydrogen (secondary N) is 2. The summed E-state index contributed by atoms with van der Waals surface area (Å²) >= 11 is 0. The summed E-state index contributed by atoms with van der Waals surface area (Å²) in [6.45, 7) is 0.648. The van der Waals surface area contributed by atoms with Gasteiger partial charge in [-0.25, -0.2) is 4.39 Å². The molecule has 0 aromatic rings. The van der Waals surface area contributed by atoms with Gasteiger partial charge < -0.3 is 5.32 Å². The van der Waals surface area contributed by atoms with Crippen molar-refractivity contribution in [1.82, 2.24) is 10.6 Å². The first-order chi connectivity index (χ1) is 5.77. The molecule has 2 aliphatic rings. The molecule has 0 spiro atoms. The van der Waals surface area contributed by atoms with Crippen LogP contribution in [0.15, 0.2) is 0 Å². The maximum absolute atomic E-state index is 12.2. The molecular weight excluding hydrogens is 159 g/mol. The zero-order chi connectivity index (χ0) is 8.60. The average Bonchev–Trinajstić information content (AvgIpc) is 2.42. The van der Waals surface area contributed by atoms with Crippen LogP contribution in [0.25, 0.3) is 0 Å². The van der Waals surface area contributed by atoms with Crippen LogP contribution in [-0.2, 0) is 4.79 Å². The normalized spacial score (nSPS) is 39.9. The number of rotatable bonds is 2. The zero-order valence-electron chi connectivity index (χ0n) is 6.90. The van der Waals surface area contributed by atoms with Crippen LogP contribution in [0.2, 0.25) is 0 Å². The molecule has 0 saturated carbocycles. The molecule has 2 N–H and O–H groups in total. The first-order valence-electron chi connectivity index (χ1n) is 4.34. The van der Waals surface area contributed by atoms with E-state index in [0.717, 1.165) is 19.4 Å². The van der Waals surface area contributed by atoms with Crippen molar-refractivity contribution in [2.24, 2.45) is 0 Å². The fourth-order valence-electron chi connectivity index (χ4n) is 2.15. The molecule has 68 valence electrons. The summed E-state index contributed by atoms with van der Waals surface area (Å²) in [5.74, 6) is -0.294. The smallest absolute Gasteiger partial charge is 0.185 e. The fraction of sp³-hybridized carbons (Fsp3) is 0.875. The quantitative estimate of drug-likeness (QED) is 0.596. The first-order valence-corrected chi connectivity index (χ1v) is 4.34. The van der Waals surface area contributed by atoms with Crippen LogP contribution in [0.3, 0.4) is 0 Å². The fourth-order valence-corrected chi connectivity index (χ4v) is 2.15. The monoisotopic (exact) mass is 172 g/mol. The Morgan fingerprint density at radius 1 is 1.67 bits per heavy atom. The van der Waals surface area contributed by atoms with Gasteiger partial charge in [0.05, 0.1) is 5.54 Å². The second kappa shape index (κ2) is 2.78. The van der Waals surface area contributed by atoms with E-state index >= 15 is 0 Å². The number of fused-ring (bicyclic) bond motifs is 2. The first kappa shape index (κ1) is 8.13. The van der Waals surface area contributed by atoms with Crippen LogP contribution >= 0.6 is 0 Å². The summed E-state index contributed by atoms with van der Waals surface area (Å²) < 4.78 is 12.2. The largest absolute Gasteiger partial charge is 0.313 e. The minimum Gasteiger partial charge on any atom is -0.313 e. The van der Waals surface area contributed by atoms with Crippen molar-refractivity contribution >= 4 is 5.78 Å². The summed E-state index contributed by atoms with van der Waals surface area (Å²) in [6.07, 6.45) is 1.77. The van der Waals surface area contributed by atoms with Crippen LogP contribution in [0, 0.1) is 0 Å². The highest BCUT2D eigenvalue weighted by Gasteiger charge is 2.46. The van der Waals surface area contributed by atoms with Crippen LogP contribution in [0.5, 0.6) is 0 Å². The third-order valence-electron chi connectivity index (χ3n) is 2.87. The summed E-state index contributed by atoms with van der Waals surface area (Å²) in [5, 5.41) is 6.36. The average molecular weight is 172 g/mol. The third kappa shape index (κ3) is 1.06. The predicted molar refractivity (Wildman–Crippen MR) is 42.7 cm³/mol. The summed E-state index contributed by atoms with van der Waals surface area (Å²) in [4.78, 5) is 11.3. The molecule has 0 amide bonds. The highest BCUT2D eigenvalue weighted by molar-refractivity contribution is 5.90. The molecule has 3 nitrogen and oxygen atoms in total. The number of carbonyl (C=O) groups is 1. The predicted octanol–water partition coefficient (Wildman–Crippen LogP) is -0.381. The molecule has 2 aliphatic heterocycles. The highest BCUT2D eigenvalue weighted by atomic mass is 19.1. The van der Waals surface area contributed by atoms with Crippen LogP contribution in [0.1, 0.15) is 12.8 Å². The minimum absolute atomic E-state index is 0.294. The number of piperazine rings is 1. The van der Waals surface area contributed by atoms with Gasteiger partial charge in [0.15, 0.2) is 5.78 Å². The van der Waals surface area contributed by atoms with Gasteiger partial charge in [-0.05, 0) is 12.8 Å². The van der Waals surface area contributed by atoms with Crippen LogP contribution in [-0.4, -0.2) is 37.1 Å². The van der Waals surface area contributed by atoms with Crippen molar-refractivity contribution in [2.75, 3.05) is 19.8 Å². The molecule has 0 aromatic heterocycles. The molecule has 4 heteroatoms. The molecule has 12 heavy (non-hydrogen) atoms. The molecule has 2 bridgehead atoms. The Bertz CT molecular complexity index is 205. The summed E-state index contributed by atoms with van der Waals surface area (Å²) in [5.41, 5.74) is -0.572. The lowest BCUT2D eigenvalue weighted by molar-refractivity contribution is -0.126. The van der Waals surface area contributed by atoms with Gasteiger partial charge in [0.1, 0.15) is 6.67 Å². The summed E-state index contributed by atoms with van der Waals surface area (Å²) in [7, 11) is 0. The Hall–Kier alpha value is -0.480. The van der Waals surface area contributed by atoms with Gasteiger partial charge in [-0.2, -0.15) is 0 Å². The van der Waals surface area contributed by atoms with Gasteiger partial charge >= 0.3 is 0 Å². The van der Waals surface area contributed by atoms with E-state index in [1.54, 1.807) is 0 Å². The number of Topliss-reactive ketones (excluding diaryl/α,β-unsaturated/α-hetero) is 1. The van der Waals surface area contributed by atoms with Crippen molar-refractivity contribution in [3.63, 3.8) is 0 Å². The molecule has 0 aromatic carbocycles. The number of hydrogen-bond acceptors (Lipinski definition) is 3. The standard InChI is InChI=1S/C8H13FN2O/c9-3-7(12)8-2-1-6(11-8)4-10-5-8/h6,10-11H,1-5H2. The van der Waals surface area contributed by atoms with E-state index in [-0.39, 0.29) is 5.78 Å². The Balaban J connectivity index is 2.15. The van der Waals surface area contributed by atoms with Gasteiger partial charge in [-0.15, -0.1) is 0 Å². The van der Waals surface area contributed by atoms with E-state index in [9.17, 15) is 9.18 Å². The number of hydrogen-bond donors (Lipinski definition) is 2. The number of alkyl halides is 1. The molecule has 2 fully saturated rings. The van der Waals surface area contributed by atoms with Crippen molar-refractivity contribution in [3.8, 4) is 0 Å². The topological polar surface area (TPSA) is 41.1 Å². The van der Waals surface area contributed by atoms with Gasteiger partial charge in [0, 0.05) is 19.1 Å². The molecular formula is C8H13FN2O. The lowest BCUT2D eigenvalue weighted by Gasteiger charge is -2.32. The lowest BCUT2D eigenvalue weighted by Crippen LogP contribution is -2.62. The van der Waals surface area contributed by atoms with Crippen molar-refractivity contribution in [3.05, 3.63) is 0 Å². The Kier molecular flexibility index (Phi) is 1.88. The van der Waals surface area contributed by atoms with Gasteiger partial charge in [-0.3, -0.25) is 10.1 Å².